The number of carboxylic acid groups (broad SMARTS) is 1. The van der Waals surface area contributed by atoms with Crippen molar-refractivity contribution < 1.29 is 20.1 Å². The summed E-state index contributed by atoms with van der Waals surface area (Å²) in [5, 5.41) is 27.8. The highest BCUT2D eigenvalue weighted by Crippen LogP contribution is 1.80. The fourth-order valence-corrected chi connectivity index (χ4v) is 0.303. The Balaban J connectivity index is 3.01. The van der Waals surface area contributed by atoms with E-state index in [1.165, 1.54) is 0 Å². The lowest BCUT2D eigenvalue weighted by molar-refractivity contribution is -0.250. The van der Waals surface area contributed by atoms with E-state index in [-0.39, 0.29) is 13.0 Å². The standard InChI is InChI=1S/C4H9NO4/c6-3(7)1-2-5-4(8)9/h3,5-7H,1-2H2,(H,8,9)/p-1. The highest BCUT2D eigenvalue weighted by molar-refractivity contribution is 5.61. The number of aliphatic hydroxyl groups excluding tert-OH is 1. The van der Waals surface area contributed by atoms with Crippen LogP contribution in [-0.2, 0) is 0 Å². The molecule has 0 fully saturated rings. The van der Waals surface area contributed by atoms with Gasteiger partial charge in [0, 0.05) is 13.0 Å². The van der Waals surface area contributed by atoms with E-state index in [4.69, 9.17) is 10.2 Å². The molecule has 0 bridgehead atoms. The molecule has 1 amide bonds. The van der Waals surface area contributed by atoms with E-state index < -0.39 is 12.4 Å². The van der Waals surface area contributed by atoms with Crippen molar-refractivity contribution in [1.82, 2.24) is 5.32 Å². The molecule has 0 spiro atoms. The monoisotopic (exact) mass is 134 g/mol. The highest BCUT2D eigenvalue weighted by atomic mass is 16.5. The maximum atomic E-state index is 9.60. The predicted molar refractivity (Wildman–Crippen MR) is 26.2 cm³/mol. The molecular formula is C4H8NO4-. The van der Waals surface area contributed by atoms with Crippen LogP contribution in [-0.4, -0.2) is 29.1 Å². The lowest BCUT2D eigenvalue weighted by Gasteiger charge is -2.06. The van der Waals surface area contributed by atoms with Gasteiger partial charge in [-0.15, -0.1) is 0 Å². The normalized spacial score (nSPS) is 9.67. The number of amides is 1. The summed E-state index contributed by atoms with van der Waals surface area (Å²) in [4.78, 5) is 9.60. The van der Waals surface area contributed by atoms with Crippen LogP contribution >= 0.6 is 0 Å². The minimum atomic E-state index is -1.46. The van der Waals surface area contributed by atoms with Gasteiger partial charge in [0.2, 0.25) is 0 Å². The molecule has 0 saturated heterocycles. The van der Waals surface area contributed by atoms with Crippen molar-refractivity contribution in [2.24, 2.45) is 0 Å². The van der Waals surface area contributed by atoms with E-state index in [0.29, 0.717) is 0 Å². The van der Waals surface area contributed by atoms with Gasteiger partial charge in [0.1, 0.15) is 6.09 Å². The van der Waals surface area contributed by atoms with E-state index in [9.17, 15) is 9.90 Å². The number of aliphatic hydroxyl groups is 2. The zero-order chi connectivity index (χ0) is 7.28. The van der Waals surface area contributed by atoms with E-state index in [0.717, 1.165) is 0 Å². The van der Waals surface area contributed by atoms with Crippen LogP contribution in [0.4, 0.5) is 4.79 Å². The lowest BCUT2D eigenvalue weighted by Crippen LogP contribution is -2.37. The molecule has 0 heterocycles. The average molecular weight is 134 g/mol. The summed E-state index contributed by atoms with van der Waals surface area (Å²) in [5.74, 6) is 0. The minimum absolute atomic E-state index is 0. The third-order valence-corrected chi connectivity index (χ3v) is 0.672. The summed E-state index contributed by atoms with van der Waals surface area (Å²) in [6.07, 6.45) is -2.89. The van der Waals surface area contributed by atoms with Crippen molar-refractivity contribution in [2.75, 3.05) is 6.54 Å². The van der Waals surface area contributed by atoms with Gasteiger partial charge in [0.05, 0.1) is 0 Å². The maximum absolute atomic E-state index is 9.60. The smallest absolute Gasteiger partial charge is 0.153 e. The Morgan fingerprint density at radius 2 is 2.22 bits per heavy atom. The summed E-state index contributed by atoms with van der Waals surface area (Å²) < 4.78 is 0. The third-order valence-electron chi connectivity index (χ3n) is 0.672. The van der Waals surface area contributed by atoms with Crippen molar-refractivity contribution in [3.8, 4) is 0 Å². The molecule has 0 saturated carbocycles. The van der Waals surface area contributed by atoms with Crippen LogP contribution in [0.15, 0.2) is 0 Å². The van der Waals surface area contributed by atoms with Crippen molar-refractivity contribution in [3.05, 3.63) is 0 Å². The molecule has 0 aromatic carbocycles. The first-order valence-electron chi connectivity index (χ1n) is 2.44. The average Bonchev–Trinajstić information content (AvgIpc) is 1.63. The maximum Gasteiger partial charge on any atom is 0.153 e. The van der Waals surface area contributed by atoms with E-state index in [2.05, 4.69) is 0 Å². The van der Waals surface area contributed by atoms with Crippen LogP contribution in [0.25, 0.3) is 0 Å². The molecule has 0 aliphatic rings. The van der Waals surface area contributed by atoms with Gasteiger partial charge in [-0.3, -0.25) is 0 Å². The van der Waals surface area contributed by atoms with Gasteiger partial charge >= 0.3 is 0 Å². The quantitative estimate of drug-likeness (QED) is 0.376. The number of carbonyl (C=O) groups excluding carboxylic acids is 1. The van der Waals surface area contributed by atoms with Gasteiger partial charge in [0.25, 0.3) is 0 Å². The summed E-state index contributed by atoms with van der Waals surface area (Å²) in [5.41, 5.74) is 0. The molecule has 5 nitrogen and oxygen atoms in total. The topological polar surface area (TPSA) is 92.6 Å². The molecule has 0 aliphatic heterocycles. The second-order valence-corrected chi connectivity index (χ2v) is 1.48. The van der Waals surface area contributed by atoms with E-state index in [1.54, 1.807) is 0 Å². The number of nitrogens with one attached hydrogen (secondary N) is 1. The second-order valence-electron chi connectivity index (χ2n) is 1.48. The van der Waals surface area contributed by atoms with Crippen molar-refractivity contribution >= 4 is 6.09 Å². The van der Waals surface area contributed by atoms with Crippen LogP contribution in [0, 0.1) is 0 Å². The second kappa shape index (κ2) is 4.11. The number of hydrogen-bond acceptors (Lipinski definition) is 4. The van der Waals surface area contributed by atoms with Gasteiger partial charge in [-0.2, -0.15) is 0 Å². The zero-order valence-electron chi connectivity index (χ0n) is 4.70. The molecule has 0 aliphatic carbocycles. The molecule has 9 heavy (non-hydrogen) atoms. The molecule has 5 heteroatoms. The molecule has 0 radical (unpaired) electrons. The fourth-order valence-electron chi connectivity index (χ4n) is 0.303. The van der Waals surface area contributed by atoms with Crippen LogP contribution in [0.2, 0.25) is 0 Å². The Hall–Kier alpha value is -0.810. The van der Waals surface area contributed by atoms with Gasteiger partial charge in [-0.05, 0) is 0 Å². The lowest BCUT2D eigenvalue weighted by atomic mass is 10.4. The zero-order valence-corrected chi connectivity index (χ0v) is 4.70. The van der Waals surface area contributed by atoms with Crippen molar-refractivity contribution in [2.45, 2.75) is 12.7 Å². The Labute approximate surface area is 51.9 Å². The van der Waals surface area contributed by atoms with Crippen LogP contribution in [0.5, 0.6) is 0 Å². The molecular weight excluding hydrogens is 126 g/mol. The number of carbonyl (C=O) groups is 1. The van der Waals surface area contributed by atoms with Gasteiger partial charge in [-0.1, -0.05) is 0 Å². The first-order valence-corrected chi connectivity index (χ1v) is 2.44. The molecule has 3 N–H and O–H groups in total. The summed E-state index contributed by atoms with van der Waals surface area (Å²) in [6.45, 7) is 0. The van der Waals surface area contributed by atoms with E-state index in [1.807, 2.05) is 5.32 Å². The highest BCUT2D eigenvalue weighted by Gasteiger charge is 1.94. The Morgan fingerprint density at radius 3 is 2.56 bits per heavy atom. The molecule has 0 aromatic rings. The number of hydrogen-bond donors (Lipinski definition) is 3. The molecule has 0 rings (SSSR count). The third kappa shape index (κ3) is 7.19. The fraction of sp³-hybridized carbons (Fsp3) is 0.750. The van der Waals surface area contributed by atoms with Crippen LogP contribution < -0.4 is 10.4 Å². The first kappa shape index (κ1) is 8.19. The van der Waals surface area contributed by atoms with Crippen molar-refractivity contribution in [1.29, 1.82) is 0 Å². The van der Waals surface area contributed by atoms with Gasteiger partial charge in [-0.25, -0.2) is 0 Å². The molecule has 54 valence electrons. The SMILES string of the molecule is O=C([O-])NCCC(O)O. The first-order chi connectivity index (χ1) is 4.13. The Kier molecular flexibility index (Phi) is 3.74. The van der Waals surface area contributed by atoms with Crippen LogP contribution in [0.1, 0.15) is 6.42 Å². The minimum Gasteiger partial charge on any atom is -0.530 e. The summed E-state index contributed by atoms with van der Waals surface area (Å²) in [7, 11) is 0. The molecule has 0 unspecified atom stereocenters. The summed E-state index contributed by atoms with van der Waals surface area (Å²) >= 11 is 0. The Morgan fingerprint density at radius 1 is 1.67 bits per heavy atom. The largest absolute Gasteiger partial charge is 0.530 e. The van der Waals surface area contributed by atoms with Crippen molar-refractivity contribution in [3.63, 3.8) is 0 Å². The predicted octanol–water partition coefficient (Wildman–Crippen LogP) is -2.38. The molecule has 0 atom stereocenters. The van der Waals surface area contributed by atoms with Gasteiger partial charge < -0.3 is 25.4 Å². The van der Waals surface area contributed by atoms with Crippen LogP contribution in [0.3, 0.4) is 0 Å². The van der Waals surface area contributed by atoms with Gasteiger partial charge in [0.15, 0.2) is 6.29 Å². The molecule has 0 aromatic heterocycles. The number of rotatable bonds is 3. The van der Waals surface area contributed by atoms with E-state index >= 15 is 0 Å². The Bertz CT molecular complexity index is 92.6. The summed E-state index contributed by atoms with van der Waals surface area (Å²) in [6, 6.07) is 0.